The van der Waals surface area contributed by atoms with Crippen LogP contribution in [0.4, 0.5) is 0 Å². The third kappa shape index (κ3) is 3.74. The van der Waals surface area contributed by atoms with Crippen molar-refractivity contribution < 1.29 is 14.6 Å². The Morgan fingerprint density at radius 1 is 1.08 bits per heavy atom. The lowest BCUT2D eigenvalue weighted by Gasteiger charge is -2.19. The molecule has 3 rings (SSSR count). The van der Waals surface area contributed by atoms with Gasteiger partial charge in [0.15, 0.2) is 5.82 Å². The molecule has 0 unspecified atom stereocenters. The molecule has 1 aromatic carbocycles. The van der Waals surface area contributed by atoms with E-state index in [9.17, 15) is 9.90 Å². The quantitative estimate of drug-likeness (QED) is 0.724. The van der Waals surface area contributed by atoms with E-state index in [4.69, 9.17) is 4.74 Å². The number of hydrogen-bond acceptors (Lipinski definition) is 5. The molecule has 0 aliphatic rings. The van der Waals surface area contributed by atoms with Crippen LogP contribution in [0.3, 0.4) is 0 Å². The maximum absolute atomic E-state index is 12.1. The summed E-state index contributed by atoms with van der Waals surface area (Å²) in [4.78, 5) is 16.3. The Labute approximate surface area is 152 Å². The summed E-state index contributed by atoms with van der Waals surface area (Å²) in [5.74, 6) is -0.0406. The van der Waals surface area contributed by atoms with E-state index in [1.165, 1.54) is 10.9 Å². The predicted molar refractivity (Wildman–Crippen MR) is 98.4 cm³/mol. The zero-order chi connectivity index (χ0) is 18.9. The highest BCUT2D eigenvalue weighted by molar-refractivity contribution is 5.89. The van der Waals surface area contributed by atoms with E-state index in [1.54, 1.807) is 39.1 Å². The molecule has 134 valence electrons. The monoisotopic (exact) mass is 351 g/mol. The number of esters is 1. The molecule has 0 aliphatic carbocycles. The van der Waals surface area contributed by atoms with Crippen LogP contribution in [-0.2, 0) is 4.74 Å². The van der Waals surface area contributed by atoms with Crippen LogP contribution in [0.2, 0.25) is 0 Å². The highest BCUT2D eigenvalue weighted by atomic mass is 16.6. The molecule has 26 heavy (non-hydrogen) atoms. The minimum absolute atomic E-state index is 0.00799. The van der Waals surface area contributed by atoms with Gasteiger partial charge in [-0.25, -0.2) is 9.78 Å². The summed E-state index contributed by atoms with van der Waals surface area (Å²) in [5.41, 5.74) is 2.39. The molecule has 0 saturated heterocycles. The smallest absolute Gasteiger partial charge is 0.340 e. The van der Waals surface area contributed by atoms with Crippen LogP contribution in [0, 0.1) is 6.92 Å². The fourth-order valence-corrected chi connectivity index (χ4v) is 2.42. The molecule has 3 aromatic rings. The Kier molecular flexibility index (Phi) is 4.50. The summed E-state index contributed by atoms with van der Waals surface area (Å²) in [6, 6.07) is 11.0. The molecule has 0 amide bonds. The number of benzene rings is 1. The minimum Gasteiger partial charge on any atom is -0.493 e. The Balaban J connectivity index is 1.86. The van der Waals surface area contributed by atoms with Gasteiger partial charge in [0.1, 0.15) is 5.60 Å². The normalized spacial score (nSPS) is 11.4. The number of carbonyl (C=O) groups is 1. The third-order valence-electron chi connectivity index (χ3n) is 3.71. The number of aromatic hydroxyl groups is 1. The van der Waals surface area contributed by atoms with Gasteiger partial charge in [0, 0.05) is 6.20 Å². The zero-order valence-electron chi connectivity index (χ0n) is 15.2. The minimum atomic E-state index is -0.570. The average Bonchev–Trinajstić information content (AvgIpc) is 2.96. The van der Waals surface area contributed by atoms with Crippen molar-refractivity contribution in [2.75, 3.05) is 0 Å². The van der Waals surface area contributed by atoms with E-state index < -0.39 is 11.6 Å². The van der Waals surface area contributed by atoms with Gasteiger partial charge in [0.25, 0.3) is 0 Å². The maximum atomic E-state index is 12.1. The summed E-state index contributed by atoms with van der Waals surface area (Å²) < 4.78 is 6.64. The number of rotatable bonds is 3. The van der Waals surface area contributed by atoms with Crippen molar-refractivity contribution in [3.8, 4) is 22.8 Å². The van der Waals surface area contributed by atoms with Crippen LogP contribution < -0.4 is 0 Å². The van der Waals surface area contributed by atoms with Gasteiger partial charge in [-0.2, -0.15) is 9.78 Å². The first-order valence-electron chi connectivity index (χ1n) is 8.28. The molecule has 2 heterocycles. The second kappa shape index (κ2) is 6.63. The molecule has 0 spiro atoms. The van der Waals surface area contributed by atoms with Crippen molar-refractivity contribution in [3.05, 3.63) is 59.9 Å². The first-order valence-corrected chi connectivity index (χ1v) is 8.28. The van der Waals surface area contributed by atoms with Gasteiger partial charge in [0.05, 0.1) is 17.3 Å². The van der Waals surface area contributed by atoms with Crippen molar-refractivity contribution in [3.63, 3.8) is 0 Å². The number of ether oxygens (including phenoxy) is 1. The van der Waals surface area contributed by atoms with Gasteiger partial charge in [-0.05, 0) is 45.4 Å². The number of hydrogen-bond donors (Lipinski definition) is 1. The molecule has 1 N–H and O–H groups in total. The summed E-state index contributed by atoms with van der Waals surface area (Å²) in [5, 5.41) is 14.7. The highest BCUT2D eigenvalue weighted by Crippen LogP contribution is 2.30. The number of aromatic nitrogens is 3. The molecular weight excluding hydrogens is 330 g/mol. The van der Waals surface area contributed by atoms with E-state index in [0.717, 1.165) is 11.1 Å². The van der Waals surface area contributed by atoms with Crippen LogP contribution in [0.25, 0.3) is 16.9 Å². The third-order valence-corrected chi connectivity index (χ3v) is 3.71. The zero-order valence-corrected chi connectivity index (χ0v) is 15.2. The van der Waals surface area contributed by atoms with Gasteiger partial charge in [0.2, 0.25) is 5.88 Å². The van der Waals surface area contributed by atoms with Gasteiger partial charge < -0.3 is 9.84 Å². The van der Waals surface area contributed by atoms with Crippen molar-refractivity contribution in [2.45, 2.75) is 33.3 Å². The second-order valence-corrected chi connectivity index (χ2v) is 7.07. The lowest BCUT2D eigenvalue weighted by Crippen LogP contribution is -2.24. The van der Waals surface area contributed by atoms with Crippen LogP contribution in [0.1, 0.15) is 36.7 Å². The molecule has 0 bridgehead atoms. The summed E-state index contributed by atoms with van der Waals surface area (Å²) in [6.45, 7) is 7.42. The van der Waals surface area contributed by atoms with Crippen molar-refractivity contribution in [2.24, 2.45) is 0 Å². The van der Waals surface area contributed by atoms with Gasteiger partial charge in [-0.3, -0.25) is 0 Å². The van der Waals surface area contributed by atoms with Gasteiger partial charge in [-0.1, -0.05) is 29.8 Å². The molecule has 2 aromatic heterocycles. The molecule has 0 atom stereocenters. The number of pyridine rings is 1. The average molecular weight is 351 g/mol. The Morgan fingerprint density at radius 3 is 2.35 bits per heavy atom. The largest absolute Gasteiger partial charge is 0.493 e. The van der Waals surface area contributed by atoms with Crippen molar-refractivity contribution >= 4 is 5.97 Å². The van der Waals surface area contributed by atoms with Crippen LogP contribution >= 0.6 is 0 Å². The van der Waals surface area contributed by atoms with Crippen LogP contribution in [-0.4, -0.2) is 31.4 Å². The molecule has 6 nitrogen and oxygen atoms in total. The molecular formula is C20H21N3O3. The van der Waals surface area contributed by atoms with Crippen LogP contribution in [0.15, 0.2) is 48.8 Å². The van der Waals surface area contributed by atoms with E-state index >= 15 is 0 Å². The predicted octanol–water partition coefficient (Wildman–Crippen LogP) is 3.90. The molecule has 0 saturated carbocycles. The Morgan fingerprint density at radius 2 is 1.77 bits per heavy atom. The first kappa shape index (κ1) is 17.7. The van der Waals surface area contributed by atoms with Crippen molar-refractivity contribution in [1.82, 2.24) is 14.8 Å². The SMILES string of the molecule is Cc1ccc(-c2cnn(-c3ccc(C(=O)OC(C)(C)C)cn3)c2O)cc1. The number of carbonyl (C=O) groups excluding carboxylic acids is 1. The van der Waals surface area contributed by atoms with E-state index in [1.807, 2.05) is 31.2 Å². The molecule has 0 radical (unpaired) electrons. The fourth-order valence-electron chi connectivity index (χ4n) is 2.42. The Bertz CT molecular complexity index is 920. The lowest BCUT2D eigenvalue weighted by molar-refractivity contribution is 0.00691. The fraction of sp³-hybridized carbons (Fsp3) is 0.250. The van der Waals surface area contributed by atoms with Gasteiger partial charge in [-0.15, -0.1) is 0 Å². The summed E-state index contributed by atoms with van der Waals surface area (Å²) >= 11 is 0. The lowest BCUT2D eigenvalue weighted by atomic mass is 10.1. The first-order chi connectivity index (χ1) is 12.2. The number of nitrogens with zero attached hydrogens (tertiary/aromatic N) is 3. The van der Waals surface area contributed by atoms with E-state index in [0.29, 0.717) is 16.9 Å². The molecule has 0 fully saturated rings. The van der Waals surface area contributed by atoms with Crippen molar-refractivity contribution in [1.29, 1.82) is 0 Å². The molecule has 0 aliphatic heterocycles. The topological polar surface area (TPSA) is 77.2 Å². The summed E-state index contributed by atoms with van der Waals surface area (Å²) in [7, 11) is 0. The van der Waals surface area contributed by atoms with Gasteiger partial charge >= 0.3 is 5.97 Å². The highest BCUT2D eigenvalue weighted by Gasteiger charge is 2.19. The Hall–Kier alpha value is -3.15. The maximum Gasteiger partial charge on any atom is 0.340 e. The summed E-state index contributed by atoms with van der Waals surface area (Å²) in [6.07, 6.45) is 3.00. The number of aryl methyl sites for hydroxylation is 1. The van der Waals surface area contributed by atoms with Crippen LogP contribution in [0.5, 0.6) is 5.88 Å². The van der Waals surface area contributed by atoms with E-state index in [2.05, 4.69) is 10.1 Å². The molecule has 6 heteroatoms. The van der Waals surface area contributed by atoms with E-state index in [-0.39, 0.29) is 5.88 Å². The second-order valence-electron chi connectivity index (χ2n) is 7.07. The standard InChI is InChI=1S/C20H21N3O3/c1-13-5-7-14(8-6-13)16-12-22-23(18(16)24)17-10-9-15(11-21-17)19(25)26-20(2,3)4/h5-12,24H,1-4H3.